The number of nitrogens with zero attached hydrogens (tertiary/aromatic N) is 2. The third-order valence-electron chi connectivity index (χ3n) is 4.88. The van der Waals surface area contributed by atoms with Crippen molar-refractivity contribution < 1.29 is 0 Å². The van der Waals surface area contributed by atoms with Crippen LogP contribution in [0.2, 0.25) is 0 Å². The number of nitrogens with one attached hydrogen (secondary N) is 1. The highest BCUT2D eigenvalue weighted by Gasteiger charge is 2.17. The Hall–Kier alpha value is -1.91. The molecule has 0 radical (unpaired) electrons. The molecule has 1 aromatic carbocycles. The molecule has 0 spiro atoms. The van der Waals surface area contributed by atoms with Gasteiger partial charge in [-0.05, 0) is 28.7 Å². The number of piperazine rings is 1. The molecule has 0 aliphatic carbocycles. The first-order valence-electron chi connectivity index (χ1n) is 8.97. The van der Waals surface area contributed by atoms with Crippen LogP contribution in [0.15, 0.2) is 42.6 Å². The summed E-state index contributed by atoms with van der Waals surface area (Å²) >= 11 is 1.86. The lowest BCUT2D eigenvalue weighted by Crippen LogP contribution is -2.43. The molecule has 3 nitrogen and oxygen atoms in total. The molecule has 0 bridgehead atoms. The van der Waals surface area contributed by atoms with Gasteiger partial charge in [0.05, 0.1) is 0 Å². The van der Waals surface area contributed by atoms with Crippen molar-refractivity contribution in [1.82, 2.24) is 10.3 Å². The smallest absolute Gasteiger partial charge is 0.137 e. The molecule has 1 aliphatic heterocycles. The number of aromatic nitrogens is 1. The molecular formula is C21H25N3S. The Bertz CT molecular complexity index is 868. The molecule has 0 atom stereocenters. The topological polar surface area (TPSA) is 28.2 Å². The lowest BCUT2D eigenvalue weighted by molar-refractivity contribution is 0.586. The van der Waals surface area contributed by atoms with E-state index in [-0.39, 0.29) is 5.41 Å². The fraction of sp³-hybridized carbons (Fsp3) is 0.381. The number of rotatable bonds is 2. The minimum absolute atomic E-state index is 0.193. The van der Waals surface area contributed by atoms with E-state index in [9.17, 15) is 0 Å². The molecule has 1 saturated heterocycles. The van der Waals surface area contributed by atoms with Crippen LogP contribution in [0.5, 0.6) is 0 Å². The number of hydrogen-bond donors (Lipinski definition) is 1. The third-order valence-corrected chi connectivity index (χ3v) is 6.03. The van der Waals surface area contributed by atoms with Gasteiger partial charge < -0.3 is 10.2 Å². The molecule has 3 aromatic rings. The van der Waals surface area contributed by atoms with Gasteiger partial charge in [-0.15, -0.1) is 11.3 Å². The van der Waals surface area contributed by atoms with Gasteiger partial charge in [0.15, 0.2) is 0 Å². The standard InChI is InChI=1S/C21H25N3S/c1-21(2,3)16-6-4-15(5-7-16)19-14-17-18(25-19)8-9-23-20(17)24-12-10-22-11-13-24/h4-9,14,22H,10-13H2,1-3H3. The molecule has 4 rings (SSSR count). The Labute approximate surface area is 153 Å². The van der Waals surface area contributed by atoms with Crippen molar-refractivity contribution in [3.63, 3.8) is 0 Å². The largest absolute Gasteiger partial charge is 0.354 e. The van der Waals surface area contributed by atoms with Crippen molar-refractivity contribution in [2.75, 3.05) is 31.1 Å². The number of pyridine rings is 1. The van der Waals surface area contributed by atoms with Crippen LogP contribution in [0.4, 0.5) is 5.82 Å². The summed E-state index contributed by atoms with van der Waals surface area (Å²) < 4.78 is 1.32. The lowest BCUT2D eigenvalue weighted by Gasteiger charge is -2.28. The normalized spacial score (nSPS) is 15.7. The molecule has 1 fully saturated rings. The molecule has 0 amide bonds. The van der Waals surface area contributed by atoms with Crippen LogP contribution in [0.1, 0.15) is 26.3 Å². The fourth-order valence-corrected chi connectivity index (χ4v) is 4.41. The van der Waals surface area contributed by atoms with Crippen LogP contribution in [-0.2, 0) is 5.41 Å². The minimum atomic E-state index is 0.193. The van der Waals surface area contributed by atoms with Gasteiger partial charge >= 0.3 is 0 Å². The zero-order valence-corrected chi connectivity index (χ0v) is 16.0. The maximum absolute atomic E-state index is 4.69. The van der Waals surface area contributed by atoms with Crippen LogP contribution in [-0.4, -0.2) is 31.2 Å². The Kier molecular flexibility index (Phi) is 4.26. The minimum Gasteiger partial charge on any atom is -0.354 e. The molecule has 0 unspecified atom stereocenters. The van der Waals surface area contributed by atoms with Crippen molar-refractivity contribution in [1.29, 1.82) is 0 Å². The van der Waals surface area contributed by atoms with E-state index in [1.807, 2.05) is 17.5 Å². The van der Waals surface area contributed by atoms with E-state index in [4.69, 9.17) is 0 Å². The highest BCUT2D eigenvalue weighted by molar-refractivity contribution is 7.22. The Morgan fingerprint density at radius 1 is 1.04 bits per heavy atom. The van der Waals surface area contributed by atoms with E-state index in [0.717, 1.165) is 32.0 Å². The SMILES string of the molecule is CC(C)(C)c1ccc(-c2cc3c(N4CCNCC4)nccc3s2)cc1. The lowest BCUT2D eigenvalue weighted by atomic mass is 9.86. The summed E-state index contributed by atoms with van der Waals surface area (Å²) in [6.45, 7) is 10.9. The molecule has 130 valence electrons. The van der Waals surface area contributed by atoms with E-state index < -0.39 is 0 Å². The van der Waals surface area contributed by atoms with Crippen molar-refractivity contribution in [3.05, 3.63) is 48.2 Å². The van der Waals surface area contributed by atoms with Crippen LogP contribution >= 0.6 is 11.3 Å². The van der Waals surface area contributed by atoms with Crippen LogP contribution < -0.4 is 10.2 Å². The predicted molar refractivity (Wildman–Crippen MR) is 109 cm³/mol. The molecule has 2 aromatic heterocycles. The summed E-state index contributed by atoms with van der Waals surface area (Å²) in [6, 6.07) is 13.5. The Balaban J connectivity index is 1.71. The molecule has 4 heteroatoms. The number of anilines is 1. The summed E-state index contributed by atoms with van der Waals surface area (Å²) in [4.78, 5) is 8.41. The first-order valence-corrected chi connectivity index (χ1v) is 9.79. The fourth-order valence-electron chi connectivity index (χ4n) is 3.35. The Morgan fingerprint density at radius 2 is 1.76 bits per heavy atom. The molecule has 25 heavy (non-hydrogen) atoms. The van der Waals surface area contributed by atoms with Crippen LogP contribution in [0.3, 0.4) is 0 Å². The van der Waals surface area contributed by atoms with Crippen molar-refractivity contribution >= 4 is 27.2 Å². The number of hydrogen-bond acceptors (Lipinski definition) is 4. The van der Waals surface area contributed by atoms with E-state index in [2.05, 4.69) is 72.4 Å². The van der Waals surface area contributed by atoms with Gasteiger partial charge in [-0.1, -0.05) is 45.0 Å². The van der Waals surface area contributed by atoms with E-state index >= 15 is 0 Å². The van der Waals surface area contributed by atoms with Crippen LogP contribution in [0, 0.1) is 0 Å². The second-order valence-electron chi connectivity index (χ2n) is 7.72. The molecule has 1 aliphatic rings. The summed E-state index contributed by atoms with van der Waals surface area (Å²) in [5.74, 6) is 1.13. The average Bonchev–Trinajstić information content (AvgIpc) is 3.06. The molecule has 3 heterocycles. The van der Waals surface area contributed by atoms with Gasteiger partial charge in [0.2, 0.25) is 0 Å². The summed E-state index contributed by atoms with van der Waals surface area (Å²) in [5.41, 5.74) is 2.86. The highest BCUT2D eigenvalue weighted by Crippen LogP contribution is 2.38. The van der Waals surface area contributed by atoms with Gasteiger partial charge in [0.1, 0.15) is 5.82 Å². The Morgan fingerprint density at radius 3 is 2.44 bits per heavy atom. The quantitative estimate of drug-likeness (QED) is 0.727. The monoisotopic (exact) mass is 351 g/mol. The molecular weight excluding hydrogens is 326 g/mol. The van der Waals surface area contributed by atoms with E-state index in [1.165, 1.54) is 26.1 Å². The van der Waals surface area contributed by atoms with Crippen molar-refractivity contribution in [2.45, 2.75) is 26.2 Å². The van der Waals surface area contributed by atoms with E-state index in [1.54, 1.807) is 0 Å². The molecule has 0 saturated carbocycles. The second kappa shape index (κ2) is 6.43. The summed E-state index contributed by atoms with van der Waals surface area (Å²) in [5, 5.41) is 4.70. The maximum atomic E-state index is 4.69. The zero-order valence-electron chi connectivity index (χ0n) is 15.2. The van der Waals surface area contributed by atoms with Gasteiger partial charge in [-0.3, -0.25) is 0 Å². The van der Waals surface area contributed by atoms with Gasteiger partial charge in [-0.2, -0.15) is 0 Å². The maximum Gasteiger partial charge on any atom is 0.137 e. The van der Waals surface area contributed by atoms with Crippen molar-refractivity contribution in [3.8, 4) is 10.4 Å². The number of benzene rings is 1. The highest BCUT2D eigenvalue weighted by atomic mass is 32.1. The number of thiophene rings is 1. The predicted octanol–water partition coefficient (Wildman–Crippen LogP) is 4.67. The summed E-state index contributed by atoms with van der Waals surface area (Å²) in [6.07, 6.45) is 1.95. The summed E-state index contributed by atoms with van der Waals surface area (Å²) in [7, 11) is 0. The van der Waals surface area contributed by atoms with E-state index in [0.29, 0.717) is 0 Å². The van der Waals surface area contributed by atoms with Gasteiger partial charge in [0, 0.05) is 47.3 Å². The number of fused-ring (bicyclic) bond motifs is 1. The first kappa shape index (κ1) is 16.6. The van der Waals surface area contributed by atoms with Crippen molar-refractivity contribution in [2.24, 2.45) is 0 Å². The molecule has 1 N–H and O–H groups in total. The first-order chi connectivity index (χ1) is 12.0. The van der Waals surface area contributed by atoms with Crippen LogP contribution in [0.25, 0.3) is 20.5 Å². The third kappa shape index (κ3) is 3.29. The average molecular weight is 352 g/mol. The van der Waals surface area contributed by atoms with Gasteiger partial charge in [-0.25, -0.2) is 4.98 Å². The second-order valence-corrected chi connectivity index (χ2v) is 8.81. The zero-order chi connectivity index (χ0) is 17.4. The van der Waals surface area contributed by atoms with Gasteiger partial charge in [0.25, 0.3) is 0 Å².